The molecule has 0 aliphatic carbocycles. The molecule has 3 nitrogen and oxygen atoms in total. The molecule has 0 fully saturated rings. The van der Waals surface area contributed by atoms with Gasteiger partial charge in [-0.2, -0.15) is 0 Å². The van der Waals surface area contributed by atoms with Crippen LogP contribution >= 0.6 is 11.3 Å². The topological polar surface area (TPSA) is 50.2 Å². The first-order valence-corrected chi connectivity index (χ1v) is 6.50. The van der Waals surface area contributed by atoms with Crippen LogP contribution in [0.2, 0.25) is 0 Å². The highest BCUT2D eigenvalue weighted by Gasteiger charge is 2.16. The summed E-state index contributed by atoms with van der Waals surface area (Å²) in [6, 6.07) is 4.19. The molecule has 94 valence electrons. The summed E-state index contributed by atoms with van der Waals surface area (Å²) in [4.78, 5) is 15.7. The fourth-order valence-electron chi connectivity index (χ4n) is 1.90. The molecule has 0 aliphatic heterocycles. The summed E-state index contributed by atoms with van der Waals surface area (Å²) in [7, 11) is 0. The van der Waals surface area contributed by atoms with E-state index in [1.165, 1.54) is 22.5 Å². The van der Waals surface area contributed by atoms with Crippen molar-refractivity contribution >= 4 is 17.3 Å². The lowest BCUT2D eigenvalue weighted by Gasteiger charge is -2.07. The highest BCUT2D eigenvalue weighted by Crippen LogP contribution is 2.31. The van der Waals surface area contributed by atoms with Crippen LogP contribution in [0.1, 0.15) is 32.1 Å². The van der Waals surface area contributed by atoms with Crippen LogP contribution < -0.4 is 0 Å². The SMILES string of the molecule is Cc1cc(C)c(-c2nc(C)c(C(=O)O)s2)cc1C. The summed E-state index contributed by atoms with van der Waals surface area (Å²) < 4.78 is 0. The Balaban J connectivity index is 2.59. The molecule has 1 heterocycles. The van der Waals surface area contributed by atoms with Crippen molar-refractivity contribution in [2.75, 3.05) is 0 Å². The fraction of sp³-hybridized carbons (Fsp3) is 0.286. The fourth-order valence-corrected chi connectivity index (χ4v) is 2.89. The Labute approximate surface area is 110 Å². The molecule has 0 atom stereocenters. The number of nitrogens with zero attached hydrogens (tertiary/aromatic N) is 1. The maximum atomic E-state index is 11.0. The lowest BCUT2D eigenvalue weighted by molar-refractivity contribution is 0.0701. The largest absolute Gasteiger partial charge is 0.477 e. The van der Waals surface area contributed by atoms with Gasteiger partial charge in [0.05, 0.1) is 5.69 Å². The van der Waals surface area contributed by atoms with E-state index in [-0.39, 0.29) is 0 Å². The van der Waals surface area contributed by atoms with Gasteiger partial charge in [0.1, 0.15) is 9.88 Å². The van der Waals surface area contributed by atoms with Gasteiger partial charge in [0.15, 0.2) is 0 Å². The summed E-state index contributed by atoms with van der Waals surface area (Å²) in [6.45, 7) is 7.89. The first kappa shape index (κ1) is 12.8. The lowest BCUT2D eigenvalue weighted by Crippen LogP contribution is -1.94. The Hall–Kier alpha value is -1.68. The van der Waals surface area contributed by atoms with Crippen LogP contribution in [0.5, 0.6) is 0 Å². The van der Waals surface area contributed by atoms with E-state index in [0.29, 0.717) is 10.6 Å². The quantitative estimate of drug-likeness (QED) is 0.895. The van der Waals surface area contributed by atoms with Crippen LogP contribution in [0.4, 0.5) is 0 Å². The number of thiazole rings is 1. The Bertz CT molecular complexity index is 629. The van der Waals surface area contributed by atoms with Crippen LogP contribution in [-0.4, -0.2) is 16.1 Å². The molecule has 0 amide bonds. The first-order valence-electron chi connectivity index (χ1n) is 5.69. The molecule has 0 unspecified atom stereocenters. The van der Waals surface area contributed by atoms with Crippen LogP contribution in [-0.2, 0) is 0 Å². The molecule has 0 spiro atoms. The molecule has 1 N–H and O–H groups in total. The number of carboxylic acids is 1. The molecule has 0 saturated carbocycles. The van der Waals surface area contributed by atoms with E-state index in [2.05, 4.69) is 31.0 Å². The van der Waals surface area contributed by atoms with Gasteiger partial charge in [0.2, 0.25) is 0 Å². The second-order valence-corrected chi connectivity index (χ2v) is 5.49. The third-order valence-electron chi connectivity index (χ3n) is 3.06. The lowest BCUT2D eigenvalue weighted by atomic mass is 10.0. The molecule has 0 aliphatic rings. The van der Waals surface area contributed by atoms with E-state index < -0.39 is 5.97 Å². The molecular formula is C14H15NO2S. The number of hydrogen-bond acceptors (Lipinski definition) is 3. The summed E-state index contributed by atoms with van der Waals surface area (Å²) in [5, 5.41) is 9.85. The van der Waals surface area contributed by atoms with Crippen LogP contribution in [0.3, 0.4) is 0 Å². The maximum Gasteiger partial charge on any atom is 0.347 e. The van der Waals surface area contributed by atoms with E-state index in [9.17, 15) is 4.79 Å². The third-order valence-corrected chi connectivity index (χ3v) is 4.24. The standard InChI is InChI=1S/C14H15NO2S/c1-7-5-9(3)11(6-8(7)2)13-15-10(4)12(18-13)14(16)17/h5-6H,1-4H3,(H,16,17). The number of rotatable bonds is 2. The van der Waals surface area contributed by atoms with Crippen molar-refractivity contribution in [2.24, 2.45) is 0 Å². The van der Waals surface area contributed by atoms with E-state index in [1.807, 2.05) is 6.92 Å². The Morgan fingerprint density at radius 2 is 1.72 bits per heavy atom. The number of aromatic carboxylic acids is 1. The highest BCUT2D eigenvalue weighted by molar-refractivity contribution is 7.17. The zero-order chi connectivity index (χ0) is 13.4. The van der Waals surface area contributed by atoms with Gasteiger partial charge in [-0.25, -0.2) is 9.78 Å². The molecule has 1 aromatic carbocycles. The van der Waals surface area contributed by atoms with Gasteiger partial charge in [0.25, 0.3) is 0 Å². The monoisotopic (exact) mass is 261 g/mol. The predicted octanol–water partition coefficient (Wildman–Crippen LogP) is 3.74. The summed E-state index contributed by atoms with van der Waals surface area (Å²) >= 11 is 1.24. The number of hydrogen-bond donors (Lipinski definition) is 1. The summed E-state index contributed by atoms with van der Waals surface area (Å²) in [5.41, 5.74) is 5.17. The number of carboxylic acid groups (broad SMARTS) is 1. The summed E-state index contributed by atoms with van der Waals surface area (Å²) in [6.07, 6.45) is 0. The molecule has 0 saturated heterocycles. The third kappa shape index (κ3) is 2.16. The number of aryl methyl sites for hydroxylation is 4. The first-order chi connectivity index (χ1) is 8.40. The Kier molecular flexibility index (Phi) is 3.22. The molecule has 4 heteroatoms. The zero-order valence-corrected chi connectivity index (χ0v) is 11.7. The Morgan fingerprint density at radius 3 is 2.28 bits per heavy atom. The Morgan fingerprint density at radius 1 is 1.11 bits per heavy atom. The smallest absolute Gasteiger partial charge is 0.347 e. The number of aromatic nitrogens is 1. The van der Waals surface area contributed by atoms with E-state index in [1.54, 1.807) is 6.92 Å². The molecule has 0 bridgehead atoms. The van der Waals surface area contributed by atoms with E-state index in [4.69, 9.17) is 5.11 Å². The van der Waals surface area contributed by atoms with E-state index in [0.717, 1.165) is 16.1 Å². The molecule has 18 heavy (non-hydrogen) atoms. The number of benzene rings is 1. The van der Waals surface area contributed by atoms with Crippen LogP contribution in [0.25, 0.3) is 10.6 Å². The minimum absolute atomic E-state index is 0.322. The summed E-state index contributed by atoms with van der Waals surface area (Å²) in [5.74, 6) is -0.905. The maximum absolute atomic E-state index is 11.0. The average Bonchev–Trinajstić information content (AvgIpc) is 2.65. The zero-order valence-electron chi connectivity index (χ0n) is 10.9. The molecule has 2 aromatic rings. The van der Waals surface area contributed by atoms with Gasteiger partial charge in [-0.05, 0) is 50.5 Å². The van der Waals surface area contributed by atoms with Crippen molar-refractivity contribution in [1.82, 2.24) is 4.98 Å². The highest BCUT2D eigenvalue weighted by atomic mass is 32.1. The average molecular weight is 261 g/mol. The number of carbonyl (C=O) groups is 1. The van der Waals surface area contributed by atoms with Gasteiger partial charge in [-0.3, -0.25) is 0 Å². The van der Waals surface area contributed by atoms with Crippen molar-refractivity contribution in [3.05, 3.63) is 39.4 Å². The van der Waals surface area contributed by atoms with Gasteiger partial charge in [-0.1, -0.05) is 6.07 Å². The molecular weight excluding hydrogens is 246 g/mol. The second kappa shape index (κ2) is 4.53. The van der Waals surface area contributed by atoms with Gasteiger partial charge >= 0.3 is 5.97 Å². The van der Waals surface area contributed by atoms with Gasteiger partial charge < -0.3 is 5.11 Å². The minimum Gasteiger partial charge on any atom is -0.477 e. The predicted molar refractivity (Wildman–Crippen MR) is 73.5 cm³/mol. The van der Waals surface area contributed by atoms with Crippen molar-refractivity contribution < 1.29 is 9.90 Å². The molecule has 0 radical (unpaired) electrons. The van der Waals surface area contributed by atoms with E-state index >= 15 is 0 Å². The minimum atomic E-state index is -0.905. The molecule has 1 aromatic heterocycles. The van der Waals surface area contributed by atoms with Gasteiger partial charge in [0, 0.05) is 5.56 Å². The molecule has 2 rings (SSSR count). The van der Waals surface area contributed by atoms with Crippen molar-refractivity contribution in [3.63, 3.8) is 0 Å². The van der Waals surface area contributed by atoms with Gasteiger partial charge in [-0.15, -0.1) is 11.3 Å². The van der Waals surface area contributed by atoms with Crippen LogP contribution in [0.15, 0.2) is 12.1 Å². The van der Waals surface area contributed by atoms with Crippen molar-refractivity contribution in [1.29, 1.82) is 0 Å². The van der Waals surface area contributed by atoms with Crippen molar-refractivity contribution in [3.8, 4) is 10.6 Å². The normalized spacial score (nSPS) is 10.7. The van der Waals surface area contributed by atoms with Crippen LogP contribution in [0, 0.1) is 27.7 Å². The van der Waals surface area contributed by atoms with Crippen molar-refractivity contribution in [2.45, 2.75) is 27.7 Å². The second-order valence-electron chi connectivity index (χ2n) is 4.49.